The number of carbonyl (C=O) groups is 1. The molecule has 0 radical (unpaired) electrons. The highest BCUT2D eigenvalue weighted by molar-refractivity contribution is 5.83. The van der Waals surface area contributed by atoms with E-state index in [0.29, 0.717) is 6.42 Å². The van der Waals surface area contributed by atoms with Crippen molar-refractivity contribution in [1.82, 2.24) is 4.98 Å². The average molecular weight is 231 g/mol. The number of hydrogen-bond donors (Lipinski definition) is 2. The molecule has 2 rings (SSSR count). The van der Waals surface area contributed by atoms with Gasteiger partial charge in [-0.15, -0.1) is 0 Å². The van der Waals surface area contributed by atoms with Gasteiger partial charge in [-0.25, -0.2) is 0 Å². The third-order valence-electron chi connectivity index (χ3n) is 3.18. The standard InChI is InChI=1S/C14H17NO2/c1-9-8-15-12-6-10(4-5-11(9)12)7-14(2,3)13(16)17/h4-6,8,15H,7H2,1-3H3,(H,16,17). The van der Waals surface area contributed by atoms with Crippen LogP contribution < -0.4 is 0 Å². The first-order valence-electron chi connectivity index (χ1n) is 5.70. The van der Waals surface area contributed by atoms with Crippen LogP contribution in [0.15, 0.2) is 24.4 Å². The van der Waals surface area contributed by atoms with Crippen LogP contribution >= 0.6 is 0 Å². The van der Waals surface area contributed by atoms with Gasteiger partial charge < -0.3 is 10.1 Å². The second-order valence-electron chi connectivity index (χ2n) is 5.22. The molecule has 0 unspecified atom stereocenters. The summed E-state index contributed by atoms with van der Waals surface area (Å²) < 4.78 is 0. The molecular formula is C14H17NO2. The zero-order valence-corrected chi connectivity index (χ0v) is 10.4. The molecule has 0 saturated heterocycles. The van der Waals surface area contributed by atoms with Crippen molar-refractivity contribution in [3.8, 4) is 0 Å². The van der Waals surface area contributed by atoms with Crippen LogP contribution in [0.5, 0.6) is 0 Å². The van der Waals surface area contributed by atoms with E-state index in [-0.39, 0.29) is 0 Å². The molecule has 0 saturated carbocycles. The molecule has 2 N–H and O–H groups in total. The summed E-state index contributed by atoms with van der Waals surface area (Å²) in [6.45, 7) is 5.55. The Morgan fingerprint density at radius 3 is 2.76 bits per heavy atom. The Hall–Kier alpha value is -1.77. The minimum Gasteiger partial charge on any atom is -0.481 e. The maximum absolute atomic E-state index is 11.1. The summed E-state index contributed by atoms with van der Waals surface area (Å²) >= 11 is 0. The maximum Gasteiger partial charge on any atom is 0.309 e. The van der Waals surface area contributed by atoms with E-state index in [1.807, 2.05) is 18.3 Å². The minimum atomic E-state index is -0.764. The van der Waals surface area contributed by atoms with Crippen molar-refractivity contribution in [3.05, 3.63) is 35.5 Å². The summed E-state index contributed by atoms with van der Waals surface area (Å²) in [5.41, 5.74) is 2.60. The molecule has 3 heteroatoms. The lowest BCUT2D eigenvalue weighted by Crippen LogP contribution is -2.26. The number of carboxylic acid groups (broad SMARTS) is 1. The molecule has 0 atom stereocenters. The molecule has 3 nitrogen and oxygen atoms in total. The highest BCUT2D eigenvalue weighted by Crippen LogP contribution is 2.25. The number of aromatic nitrogens is 1. The first kappa shape index (κ1) is 11.7. The van der Waals surface area contributed by atoms with E-state index in [1.165, 1.54) is 10.9 Å². The Morgan fingerprint density at radius 1 is 1.41 bits per heavy atom. The first-order chi connectivity index (χ1) is 7.90. The molecule has 90 valence electrons. The Labute approximate surface area is 100 Å². The van der Waals surface area contributed by atoms with Gasteiger partial charge in [0.15, 0.2) is 0 Å². The number of aryl methyl sites for hydroxylation is 1. The summed E-state index contributed by atoms with van der Waals surface area (Å²) in [7, 11) is 0. The molecule has 0 aliphatic rings. The lowest BCUT2D eigenvalue weighted by Gasteiger charge is -2.18. The number of H-pyrrole nitrogens is 1. The molecule has 0 amide bonds. The van der Waals surface area contributed by atoms with Crippen LogP contribution in [0.3, 0.4) is 0 Å². The molecule has 0 aliphatic carbocycles. The van der Waals surface area contributed by atoms with Crippen molar-refractivity contribution in [2.24, 2.45) is 5.41 Å². The van der Waals surface area contributed by atoms with E-state index in [2.05, 4.69) is 18.0 Å². The van der Waals surface area contributed by atoms with E-state index >= 15 is 0 Å². The summed E-state index contributed by atoms with van der Waals surface area (Å²) in [6, 6.07) is 6.09. The summed E-state index contributed by atoms with van der Waals surface area (Å²) in [4.78, 5) is 14.3. The SMILES string of the molecule is Cc1c[nH]c2cc(CC(C)(C)C(=O)O)ccc12. The van der Waals surface area contributed by atoms with Gasteiger partial charge in [0.2, 0.25) is 0 Å². The number of benzene rings is 1. The van der Waals surface area contributed by atoms with E-state index in [4.69, 9.17) is 5.11 Å². The van der Waals surface area contributed by atoms with Crippen LogP contribution in [-0.4, -0.2) is 16.1 Å². The predicted octanol–water partition coefficient (Wildman–Crippen LogP) is 3.13. The predicted molar refractivity (Wildman–Crippen MR) is 68.2 cm³/mol. The van der Waals surface area contributed by atoms with Gasteiger partial charge in [-0.2, -0.15) is 0 Å². The summed E-state index contributed by atoms with van der Waals surface area (Å²) in [5, 5.41) is 10.3. The minimum absolute atomic E-state index is 0.538. The zero-order chi connectivity index (χ0) is 12.6. The van der Waals surface area contributed by atoms with Crippen molar-refractivity contribution >= 4 is 16.9 Å². The maximum atomic E-state index is 11.1. The summed E-state index contributed by atoms with van der Waals surface area (Å²) in [5.74, 6) is -0.764. The molecular weight excluding hydrogens is 214 g/mol. The number of aliphatic carboxylic acids is 1. The first-order valence-corrected chi connectivity index (χ1v) is 5.70. The summed E-state index contributed by atoms with van der Waals surface area (Å²) in [6.07, 6.45) is 2.51. The second kappa shape index (κ2) is 3.91. The number of aromatic amines is 1. The Balaban J connectivity index is 2.34. The molecule has 0 bridgehead atoms. The number of carboxylic acids is 1. The van der Waals surface area contributed by atoms with Gasteiger partial charge in [0.1, 0.15) is 0 Å². The quantitative estimate of drug-likeness (QED) is 0.852. The lowest BCUT2D eigenvalue weighted by atomic mass is 9.86. The molecule has 1 aromatic heterocycles. The van der Waals surface area contributed by atoms with Crippen LogP contribution in [0, 0.1) is 12.3 Å². The van der Waals surface area contributed by atoms with E-state index in [9.17, 15) is 4.79 Å². The molecule has 0 spiro atoms. The molecule has 1 heterocycles. The third kappa shape index (κ3) is 2.18. The van der Waals surface area contributed by atoms with Crippen LogP contribution in [0.4, 0.5) is 0 Å². The van der Waals surface area contributed by atoms with E-state index in [1.54, 1.807) is 13.8 Å². The fourth-order valence-electron chi connectivity index (χ4n) is 2.01. The number of rotatable bonds is 3. The fourth-order valence-corrected chi connectivity index (χ4v) is 2.01. The monoisotopic (exact) mass is 231 g/mol. The Kier molecular flexibility index (Phi) is 2.69. The molecule has 0 fully saturated rings. The van der Waals surface area contributed by atoms with Crippen LogP contribution in [0.1, 0.15) is 25.0 Å². The molecule has 17 heavy (non-hydrogen) atoms. The van der Waals surface area contributed by atoms with Gasteiger partial charge in [-0.3, -0.25) is 4.79 Å². The van der Waals surface area contributed by atoms with Gasteiger partial charge in [0, 0.05) is 17.1 Å². The normalized spacial score (nSPS) is 11.9. The van der Waals surface area contributed by atoms with Gasteiger partial charge in [0.25, 0.3) is 0 Å². The smallest absolute Gasteiger partial charge is 0.309 e. The highest BCUT2D eigenvalue weighted by atomic mass is 16.4. The van der Waals surface area contributed by atoms with Crippen LogP contribution in [-0.2, 0) is 11.2 Å². The number of fused-ring (bicyclic) bond motifs is 1. The van der Waals surface area contributed by atoms with Crippen molar-refractivity contribution in [1.29, 1.82) is 0 Å². The van der Waals surface area contributed by atoms with Gasteiger partial charge in [0.05, 0.1) is 5.41 Å². The Morgan fingerprint density at radius 2 is 2.12 bits per heavy atom. The van der Waals surface area contributed by atoms with E-state index < -0.39 is 11.4 Å². The zero-order valence-electron chi connectivity index (χ0n) is 10.4. The Bertz CT molecular complexity index is 567. The molecule has 1 aromatic carbocycles. The van der Waals surface area contributed by atoms with Crippen molar-refractivity contribution in [2.75, 3.05) is 0 Å². The van der Waals surface area contributed by atoms with Crippen LogP contribution in [0.2, 0.25) is 0 Å². The average Bonchev–Trinajstić information content (AvgIpc) is 2.59. The van der Waals surface area contributed by atoms with Crippen LogP contribution in [0.25, 0.3) is 10.9 Å². The molecule has 0 aliphatic heterocycles. The third-order valence-corrected chi connectivity index (χ3v) is 3.18. The van der Waals surface area contributed by atoms with Gasteiger partial charge >= 0.3 is 5.97 Å². The highest BCUT2D eigenvalue weighted by Gasteiger charge is 2.27. The van der Waals surface area contributed by atoms with Crippen molar-refractivity contribution in [2.45, 2.75) is 27.2 Å². The van der Waals surface area contributed by atoms with Gasteiger partial charge in [-0.05, 0) is 44.4 Å². The number of hydrogen-bond acceptors (Lipinski definition) is 1. The fraction of sp³-hybridized carbons (Fsp3) is 0.357. The second-order valence-corrected chi connectivity index (χ2v) is 5.22. The van der Waals surface area contributed by atoms with Gasteiger partial charge in [-0.1, -0.05) is 12.1 Å². The largest absolute Gasteiger partial charge is 0.481 e. The van der Waals surface area contributed by atoms with E-state index in [0.717, 1.165) is 11.1 Å². The number of nitrogens with one attached hydrogen (secondary N) is 1. The lowest BCUT2D eigenvalue weighted by molar-refractivity contribution is -0.146. The topological polar surface area (TPSA) is 53.1 Å². The van der Waals surface area contributed by atoms with Crippen molar-refractivity contribution in [3.63, 3.8) is 0 Å². The van der Waals surface area contributed by atoms with Crippen molar-refractivity contribution < 1.29 is 9.90 Å². The molecule has 2 aromatic rings.